The second-order valence-corrected chi connectivity index (χ2v) is 7.85. The van der Waals surface area contributed by atoms with E-state index in [1.54, 1.807) is 6.20 Å². The summed E-state index contributed by atoms with van der Waals surface area (Å²) >= 11 is 0. The fourth-order valence-corrected chi connectivity index (χ4v) is 3.93. The van der Waals surface area contributed by atoms with Crippen LogP contribution in [0.5, 0.6) is 0 Å². The average molecular weight is 313 g/mol. The van der Waals surface area contributed by atoms with E-state index in [0.29, 0.717) is 30.6 Å². The zero-order valence-electron chi connectivity index (χ0n) is 12.3. The number of sulfonamides is 1. The number of aromatic amines is 1. The van der Waals surface area contributed by atoms with Crippen molar-refractivity contribution in [2.75, 3.05) is 26.7 Å². The maximum absolute atomic E-state index is 12.4. The first-order valence-electron chi connectivity index (χ1n) is 7.48. The Bertz CT molecular complexity index is 581. The van der Waals surface area contributed by atoms with Gasteiger partial charge in [-0.15, -0.1) is 0 Å². The third-order valence-electron chi connectivity index (χ3n) is 4.16. The summed E-state index contributed by atoms with van der Waals surface area (Å²) < 4.78 is 27.5. The van der Waals surface area contributed by atoms with E-state index in [1.807, 2.05) is 0 Å². The van der Waals surface area contributed by atoms with Gasteiger partial charge in [-0.3, -0.25) is 5.10 Å². The molecule has 3 rings (SSSR count). The van der Waals surface area contributed by atoms with Crippen molar-refractivity contribution in [3.8, 4) is 0 Å². The minimum atomic E-state index is -3.51. The fraction of sp³-hybridized carbons (Fsp3) is 0.769. The second kappa shape index (κ2) is 6.04. The molecule has 1 aromatic rings. The third kappa shape index (κ3) is 3.82. The molecule has 1 aliphatic heterocycles. The summed E-state index contributed by atoms with van der Waals surface area (Å²) in [6, 6.07) is 0.539. The Morgan fingerprint density at radius 3 is 2.90 bits per heavy atom. The van der Waals surface area contributed by atoms with Crippen LogP contribution >= 0.6 is 0 Å². The third-order valence-corrected chi connectivity index (χ3v) is 5.59. The normalized spacial score (nSPS) is 23.8. The largest absolute Gasteiger partial charge is 0.310 e. The van der Waals surface area contributed by atoms with Crippen molar-refractivity contribution < 1.29 is 8.42 Å². The molecule has 0 bridgehead atoms. The van der Waals surface area contributed by atoms with Crippen molar-refractivity contribution in [1.82, 2.24) is 25.1 Å². The predicted octanol–water partition coefficient (Wildman–Crippen LogP) is -0.108. The molecule has 0 aromatic carbocycles. The highest BCUT2D eigenvalue weighted by Crippen LogP contribution is 2.21. The Morgan fingerprint density at radius 1 is 1.43 bits per heavy atom. The standard InChI is InChI=1S/C13H23N5O2S/c1-18-5-4-10(9-18)6-16-21(19,20)13-11(8-15-17-13)7-14-12-2-3-12/h8,10,12,14,16H,2-7,9H2,1H3,(H,15,17). The Labute approximate surface area is 125 Å². The van der Waals surface area contributed by atoms with Crippen LogP contribution in [0.15, 0.2) is 11.2 Å². The van der Waals surface area contributed by atoms with Gasteiger partial charge in [-0.2, -0.15) is 5.10 Å². The van der Waals surface area contributed by atoms with Gasteiger partial charge in [-0.05, 0) is 38.8 Å². The van der Waals surface area contributed by atoms with Gasteiger partial charge in [0.2, 0.25) is 0 Å². The lowest BCUT2D eigenvalue weighted by Crippen LogP contribution is -2.31. The number of nitrogens with zero attached hydrogens (tertiary/aromatic N) is 2. The van der Waals surface area contributed by atoms with Gasteiger partial charge in [-0.25, -0.2) is 13.1 Å². The average Bonchev–Trinajstić information content (AvgIpc) is 2.97. The second-order valence-electron chi connectivity index (χ2n) is 6.15. The molecule has 1 saturated heterocycles. The van der Waals surface area contributed by atoms with Crippen molar-refractivity contribution in [3.05, 3.63) is 11.8 Å². The van der Waals surface area contributed by atoms with E-state index in [0.717, 1.165) is 19.5 Å². The SMILES string of the molecule is CN1CCC(CNS(=O)(=O)c2[nH]ncc2CNC2CC2)C1. The first-order chi connectivity index (χ1) is 10.0. The summed E-state index contributed by atoms with van der Waals surface area (Å²) in [5.41, 5.74) is 0.706. The molecule has 0 spiro atoms. The van der Waals surface area contributed by atoms with Crippen LogP contribution in [0.25, 0.3) is 0 Å². The summed E-state index contributed by atoms with van der Waals surface area (Å²) in [4.78, 5) is 2.22. The van der Waals surface area contributed by atoms with Crippen LogP contribution in [0.1, 0.15) is 24.8 Å². The molecule has 1 saturated carbocycles. The fourth-order valence-electron chi connectivity index (χ4n) is 2.69. The molecule has 2 aliphatic rings. The van der Waals surface area contributed by atoms with E-state index in [9.17, 15) is 8.42 Å². The molecule has 3 N–H and O–H groups in total. The Hall–Kier alpha value is -0.960. The van der Waals surface area contributed by atoms with E-state index < -0.39 is 10.0 Å². The molecule has 1 aromatic heterocycles. The summed E-state index contributed by atoms with van der Waals surface area (Å²) in [5.74, 6) is 0.390. The molecule has 118 valence electrons. The Morgan fingerprint density at radius 2 is 2.24 bits per heavy atom. The lowest BCUT2D eigenvalue weighted by molar-refractivity contribution is 0.394. The Kier molecular flexibility index (Phi) is 4.30. The van der Waals surface area contributed by atoms with Gasteiger partial charge >= 0.3 is 0 Å². The van der Waals surface area contributed by atoms with Gasteiger partial charge < -0.3 is 10.2 Å². The van der Waals surface area contributed by atoms with Crippen molar-refractivity contribution in [2.45, 2.75) is 36.9 Å². The molecule has 0 amide bonds. The molecule has 0 radical (unpaired) electrons. The first kappa shape index (κ1) is 15.0. The van der Waals surface area contributed by atoms with Gasteiger partial charge in [0.15, 0.2) is 5.03 Å². The summed E-state index contributed by atoms with van der Waals surface area (Å²) in [7, 11) is -1.45. The van der Waals surface area contributed by atoms with Crippen LogP contribution in [0.2, 0.25) is 0 Å². The van der Waals surface area contributed by atoms with Crippen LogP contribution in [-0.2, 0) is 16.6 Å². The minimum absolute atomic E-state index is 0.196. The monoisotopic (exact) mass is 313 g/mol. The number of nitrogens with one attached hydrogen (secondary N) is 3. The lowest BCUT2D eigenvalue weighted by Gasteiger charge is -2.12. The maximum Gasteiger partial charge on any atom is 0.257 e. The van der Waals surface area contributed by atoms with Gasteiger partial charge in [0, 0.05) is 31.2 Å². The molecular formula is C13H23N5O2S. The van der Waals surface area contributed by atoms with Gasteiger partial charge in [0.05, 0.1) is 6.20 Å². The lowest BCUT2D eigenvalue weighted by atomic mass is 10.1. The van der Waals surface area contributed by atoms with Gasteiger partial charge in [0.1, 0.15) is 0 Å². The van der Waals surface area contributed by atoms with Crippen molar-refractivity contribution in [2.24, 2.45) is 5.92 Å². The number of H-pyrrole nitrogens is 1. The van der Waals surface area contributed by atoms with Crippen LogP contribution in [0, 0.1) is 5.92 Å². The molecule has 1 atom stereocenters. The number of hydrogen-bond acceptors (Lipinski definition) is 5. The van der Waals surface area contributed by atoms with E-state index in [2.05, 4.69) is 32.2 Å². The van der Waals surface area contributed by atoms with Crippen LogP contribution in [0.4, 0.5) is 0 Å². The predicted molar refractivity (Wildman–Crippen MR) is 79.2 cm³/mol. The molecule has 2 fully saturated rings. The number of aromatic nitrogens is 2. The van der Waals surface area contributed by atoms with Crippen LogP contribution in [0.3, 0.4) is 0 Å². The van der Waals surface area contributed by atoms with Crippen LogP contribution < -0.4 is 10.0 Å². The highest BCUT2D eigenvalue weighted by Gasteiger charge is 2.26. The number of likely N-dealkylation sites (tertiary alicyclic amines) is 1. The van der Waals surface area contributed by atoms with Crippen LogP contribution in [-0.4, -0.2) is 56.2 Å². The molecule has 1 aliphatic carbocycles. The van der Waals surface area contributed by atoms with Crippen molar-refractivity contribution in [3.63, 3.8) is 0 Å². The zero-order valence-corrected chi connectivity index (χ0v) is 13.1. The van der Waals surface area contributed by atoms with Crippen molar-refractivity contribution >= 4 is 10.0 Å². The summed E-state index contributed by atoms with van der Waals surface area (Å²) in [5, 5.41) is 10.0. The molecule has 7 nitrogen and oxygen atoms in total. The van der Waals surface area contributed by atoms with Crippen molar-refractivity contribution in [1.29, 1.82) is 0 Å². The number of hydrogen-bond donors (Lipinski definition) is 3. The quantitative estimate of drug-likeness (QED) is 0.653. The van der Waals surface area contributed by atoms with Gasteiger partial charge in [0.25, 0.3) is 10.0 Å². The smallest absolute Gasteiger partial charge is 0.257 e. The van der Waals surface area contributed by atoms with Gasteiger partial charge in [-0.1, -0.05) is 0 Å². The van der Waals surface area contributed by atoms with E-state index in [1.165, 1.54) is 12.8 Å². The molecule has 1 unspecified atom stereocenters. The zero-order chi connectivity index (χ0) is 14.9. The maximum atomic E-state index is 12.4. The van der Waals surface area contributed by atoms with E-state index >= 15 is 0 Å². The highest BCUT2D eigenvalue weighted by atomic mass is 32.2. The topological polar surface area (TPSA) is 90.1 Å². The molecule has 8 heteroatoms. The van der Waals surface area contributed by atoms with E-state index in [-0.39, 0.29) is 5.03 Å². The molecule has 2 heterocycles. The Balaban J connectivity index is 1.59. The van der Waals surface area contributed by atoms with E-state index in [4.69, 9.17) is 0 Å². The number of rotatable bonds is 7. The summed E-state index contributed by atoms with van der Waals surface area (Å²) in [6.07, 6.45) is 4.98. The summed E-state index contributed by atoms with van der Waals surface area (Å²) in [6.45, 7) is 3.01. The molecule has 21 heavy (non-hydrogen) atoms. The molecular weight excluding hydrogens is 290 g/mol. The highest BCUT2D eigenvalue weighted by molar-refractivity contribution is 7.89. The first-order valence-corrected chi connectivity index (χ1v) is 8.97. The minimum Gasteiger partial charge on any atom is -0.310 e.